The van der Waals surface area contributed by atoms with Crippen LogP contribution in [-0.4, -0.2) is 97.4 Å². The van der Waals surface area contributed by atoms with E-state index in [4.69, 9.17) is 13.7 Å². The lowest BCUT2D eigenvalue weighted by Gasteiger charge is -2.36. The van der Waals surface area contributed by atoms with Gasteiger partial charge in [0.05, 0.1) is 19.8 Å². The summed E-state index contributed by atoms with van der Waals surface area (Å²) >= 11 is 0. The van der Waals surface area contributed by atoms with E-state index in [1.807, 2.05) is 4.72 Å². The average molecular weight is 784 g/mol. The Bertz CT molecular complexity index is 1930. The number of carbonyl (C=O) groups is 4. The Hall–Kier alpha value is -4.65. The maximum atomic E-state index is 14.4. The molecule has 15 nitrogen and oxygen atoms in total. The summed E-state index contributed by atoms with van der Waals surface area (Å²) in [5.41, 5.74) is -5.78. The van der Waals surface area contributed by atoms with Crippen LogP contribution in [0.25, 0.3) is 10.8 Å². The maximum Gasteiger partial charge on any atom is 0.427 e. The molecule has 0 bridgehead atoms. The van der Waals surface area contributed by atoms with Crippen molar-refractivity contribution >= 4 is 44.9 Å². The van der Waals surface area contributed by atoms with E-state index in [0.29, 0.717) is 37.8 Å². The Kier molecular flexibility index (Phi) is 10.9. The lowest BCUT2D eigenvalue weighted by molar-refractivity contribution is -0.244. The second-order valence-electron chi connectivity index (χ2n) is 15.2. The van der Waals surface area contributed by atoms with Gasteiger partial charge in [0.15, 0.2) is 0 Å². The molecule has 5 rings (SSSR count). The normalized spacial score (nSPS) is 23.6. The molecule has 2 heterocycles. The van der Waals surface area contributed by atoms with Crippen molar-refractivity contribution in [2.75, 3.05) is 13.7 Å². The molecule has 54 heavy (non-hydrogen) atoms. The number of nitrogens with one attached hydrogen (secondary N) is 3. The smallest absolute Gasteiger partial charge is 0.427 e. The van der Waals surface area contributed by atoms with Crippen LogP contribution in [0, 0.1) is 11.3 Å². The highest BCUT2D eigenvalue weighted by Crippen LogP contribution is 2.45. The molecule has 2 aromatic rings. The van der Waals surface area contributed by atoms with Gasteiger partial charge in [-0.3, -0.25) is 18.6 Å². The van der Waals surface area contributed by atoms with Gasteiger partial charge in [-0.15, -0.1) is 6.58 Å². The van der Waals surface area contributed by atoms with Gasteiger partial charge < -0.3 is 29.7 Å². The van der Waals surface area contributed by atoms with Crippen LogP contribution in [0.1, 0.15) is 60.3 Å². The summed E-state index contributed by atoms with van der Waals surface area (Å²) in [5, 5.41) is 6.18. The molecule has 3 aliphatic rings. The quantitative estimate of drug-likeness (QED) is 0.251. The second kappa shape index (κ2) is 14.5. The number of aromatic nitrogens is 1. The van der Waals surface area contributed by atoms with Crippen molar-refractivity contribution in [2.24, 2.45) is 11.3 Å². The minimum absolute atomic E-state index is 0.00991. The van der Waals surface area contributed by atoms with Crippen molar-refractivity contribution < 1.29 is 59.2 Å². The van der Waals surface area contributed by atoms with Gasteiger partial charge in [-0.1, -0.05) is 26.8 Å². The molecule has 1 saturated heterocycles. The summed E-state index contributed by atoms with van der Waals surface area (Å²) in [7, 11) is -2.99. The van der Waals surface area contributed by atoms with Crippen LogP contribution >= 0.6 is 0 Å². The van der Waals surface area contributed by atoms with Crippen molar-refractivity contribution in [1.29, 1.82) is 0 Å². The molecule has 0 unspecified atom stereocenters. The van der Waals surface area contributed by atoms with Crippen LogP contribution in [-0.2, 0) is 33.6 Å². The van der Waals surface area contributed by atoms with E-state index in [9.17, 15) is 40.8 Å². The van der Waals surface area contributed by atoms with E-state index in [2.05, 4.69) is 26.9 Å². The number of pyridine rings is 1. The van der Waals surface area contributed by atoms with E-state index >= 15 is 0 Å². The monoisotopic (exact) mass is 783 g/mol. The number of rotatable bonds is 13. The minimum Gasteiger partial charge on any atom is -0.497 e. The third-order valence-electron chi connectivity index (χ3n) is 9.52. The van der Waals surface area contributed by atoms with Crippen LogP contribution in [0.2, 0.25) is 0 Å². The Balaban J connectivity index is 1.44. The van der Waals surface area contributed by atoms with Crippen LogP contribution < -0.4 is 24.8 Å². The number of fused-ring (bicyclic) bond motifs is 1. The molecule has 296 valence electrons. The van der Waals surface area contributed by atoms with E-state index in [-0.39, 0.29) is 25.3 Å². The third-order valence-corrected chi connectivity index (χ3v) is 10.5. The highest BCUT2D eigenvalue weighted by molar-refractivity contribution is 7.85. The van der Waals surface area contributed by atoms with E-state index in [1.165, 1.54) is 19.4 Å². The molecule has 2 aliphatic carbocycles. The number of benzene rings is 1. The van der Waals surface area contributed by atoms with E-state index in [1.54, 1.807) is 45.0 Å². The van der Waals surface area contributed by atoms with Gasteiger partial charge >= 0.3 is 22.6 Å². The van der Waals surface area contributed by atoms with Crippen molar-refractivity contribution in [3.05, 3.63) is 43.1 Å². The molecular weight excluding hydrogens is 739 g/mol. The zero-order valence-electron chi connectivity index (χ0n) is 30.6. The first-order chi connectivity index (χ1) is 25.0. The van der Waals surface area contributed by atoms with Gasteiger partial charge in [-0.25, -0.2) is 14.5 Å². The summed E-state index contributed by atoms with van der Waals surface area (Å²) < 4.78 is 88.7. The first kappa shape index (κ1) is 40.5. The van der Waals surface area contributed by atoms with Gasteiger partial charge in [0, 0.05) is 23.9 Å². The summed E-state index contributed by atoms with van der Waals surface area (Å²) in [6.07, 6.45) is -4.17. The Labute approximate surface area is 310 Å². The van der Waals surface area contributed by atoms with Gasteiger partial charge in [0.1, 0.15) is 29.5 Å². The molecule has 1 aromatic heterocycles. The molecule has 0 spiro atoms. The SMILES string of the molecule is C=C[C@@H]1C[C@]1(NC(=O)[C@@H]1C[C@@H](Oc2nccc3cc(OC)ccc23)CN1C(=O)[C@@H](NC(=O)OC(C)(C)C(F)(F)F)C(C)(C)C)C(=O)NS(=O)(=O)OC1CC1. The number of ether oxygens (including phenoxy) is 3. The Morgan fingerprint density at radius 3 is 2.33 bits per heavy atom. The largest absolute Gasteiger partial charge is 0.497 e. The fourth-order valence-corrected chi connectivity index (χ4v) is 7.05. The third kappa shape index (κ3) is 8.83. The first-order valence-electron chi connectivity index (χ1n) is 17.2. The first-order valence-corrected chi connectivity index (χ1v) is 18.6. The maximum absolute atomic E-state index is 14.4. The highest BCUT2D eigenvalue weighted by atomic mass is 32.2. The van der Waals surface area contributed by atoms with Crippen molar-refractivity contribution in [3.63, 3.8) is 0 Å². The fraction of sp³-hybridized carbons (Fsp3) is 0.571. The molecule has 4 amide bonds. The number of likely N-dealkylation sites (tertiary alicyclic amines) is 1. The fourth-order valence-electron chi connectivity index (χ4n) is 6.04. The summed E-state index contributed by atoms with van der Waals surface area (Å²) in [5.74, 6) is -2.72. The topological polar surface area (TPSA) is 192 Å². The zero-order valence-corrected chi connectivity index (χ0v) is 31.4. The highest BCUT2D eigenvalue weighted by Gasteiger charge is 2.62. The number of amides is 4. The number of alkyl carbamates (subject to hydrolysis) is 1. The number of nitrogens with zero attached hydrogens (tertiary/aromatic N) is 2. The predicted octanol–water partition coefficient (Wildman–Crippen LogP) is 3.67. The number of halogens is 3. The van der Waals surface area contributed by atoms with Crippen LogP contribution in [0.15, 0.2) is 43.1 Å². The van der Waals surface area contributed by atoms with Gasteiger partial charge in [0.25, 0.3) is 5.91 Å². The second-order valence-corrected chi connectivity index (χ2v) is 16.5. The lowest BCUT2D eigenvalue weighted by Crippen LogP contribution is -2.60. The molecule has 2 saturated carbocycles. The number of carbonyl (C=O) groups excluding carboxylic acids is 4. The molecule has 1 aliphatic heterocycles. The molecule has 1 aromatic carbocycles. The molecule has 0 radical (unpaired) electrons. The number of alkyl halides is 3. The van der Waals surface area contributed by atoms with Crippen molar-refractivity contribution in [3.8, 4) is 11.6 Å². The minimum atomic E-state index is -4.92. The zero-order chi connectivity index (χ0) is 40.0. The molecular formula is C35H44F3N5O10S. The standard InChI is InChI=1S/C35H44F3N5O10S/c1-8-20-17-34(20,30(46)42-54(48,49)53-21-9-10-21)41-27(44)25-16-23(51-28-24-12-11-22(50-7)15-19(24)13-14-39-28)18-43(25)29(45)26(32(2,3)4)40-31(47)52-33(5,6)35(36,37)38/h8,11-15,20-21,23,25-26H,1,9-10,16-18H2,2-7H3,(H,40,47)(H,41,44)(H,42,46)/t20-,23-,25+,26-,34-/m1/s1. The van der Waals surface area contributed by atoms with Gasteiger partial charge in [-0.05, 0) is 68.2 Å². The van der Waals surface area contributed by atoms with Crippen LogP contribution in [0.3, 0.4) is 0 Å². The van der Waals surface area contributed by atoms with Crippen LogP contribution in [0.4, 0.5) is 18.0 Å². The molecule has 3 fully saturated rings. The Morgan fingerprint density at radius 2 is 1.76 bits per heavy atom. The number of hydrogen-bond donors (Lipinski definition) is 3. The number of hydrogen-bond acceptors (Lipinski definition) is 11. The van der Waals surface area contributed by atoms with Crippen molar-refractivity contribution in [2.45, 2.75) is 102 Å². The van der Waals surface area contributed by atoms with E-state index < -0.39 is 87.1 Å². The summed E-state index contributed by atoms with van der Waals surface area (Å²) in [6.45, 7) is 9.41. The predicted molar refractivity (Wildman–Crippen MR) is 186 cm³/mol. The van der Waals surface area contributed by atoms with Crippen molar-refractivity contribution in [1.82, 2.24) is 25.2 Å². The Morgan fingerprint density at radius 1 is 1.07 bits per heavy atom. The summed E-state index contributed by atoms with van der Waals surface area (Å²) in [4.78, 5) is 60.3. The van der Waals surface area contributed by atoms with Gasteiger partial charge in [-0.2, -0.15) is 21.6 Å². The molecule has 19 heteroatoms. The molecule has 5 atom stereocenters. The molecule has 3 N–H and O–H groups in total. The van der Waals surface area contributed by atoms with Gasteiger partial charge in [0.2, 0.25) is 23.3 Å². The average Bonchev–Trinajstić information content (AvgIpc) is 3.97. The van der Waals surface area contributed by atoms with Crippen LogP contribution in [0.5, 0.6) is 11.6 Å². The lowest BCUT2D eigenvalue weighted by atomic mass is 9.85. The van der Waals surface area contributed by atoms with E-state index in [0.717, 1.165) is 10.3 Å². The summed E-state index contributed by atoms with van der Waals surface area (Å²) in [6, 6.07) is 4.02. The number of methoxy groups -OCH3 is 1.